The van der Waals surface area contributed by atoms with E-state index in [1.807, 2.05) is 82.5 Å². The summed E-state index contributed by atoms with van der Waals surface area (Å²) in [6, 6.07) is 173. The summed E-state index contributed by atoms with van der Waals surface area (Å²) in [6.07, 6.45) is 0. The lowest BCUT2D eigenvalue weighted by Crippen LogP contribution is -2.28. The number of nitrogens with zero attached hydrogens (tertiary/aromatic N) is 3. The molecule has 4 aliphatic rings. The number of rotatable bonds is 9. The van der Waals surface area contributed by atoms with E-state index in [4.69, 9.17) is 22.4 Å². The first kappa shape index (κ1) is 81.7. The number of para-hydroxylation sites is 9. The first-order valence-corrected chi connectivity index (χ1v) is 51.7. The summed E-state index contributed by atoms with van der Waals surface area (Å²) < 4.78 is 40.1. The van der Waals surface area contributed by atoms with E-state index in [0.717, 1.165) is 150 Å². The SMILES string of the molecule is c1ccc(C2(c3ccccc3)c3ccccc3-c3ccc(N(c4ccc5c(c4)oc4ccccc45)c4cccc5sc6ccc7c8ccccc8oc7c6c45)cc32)cc1.c1ccc(N(c2cccc3c2-c2ccccc2C32c3ccccc3-c3ccccc32)c2cccc3sc4ccc5c6ccccc6oc5c4c23)cc1.c1ccc2c(c1)Oc1ccccc1N2c1cccc2sc3ccc4c5ccccc5oc4c3c12. The number of hydrogen-bond donors (Lipinski definition) is 0. The summed E-state index contributed by atoms with van der Waals surface area (Å²) in [5.74, 6) is 1.71. The van der Waals surface area contributed by atoms with Crippen LogP contribution in [0.5, 0.6) is 11.5 Å². The molecule has 1 aliphatic heterocycles. The maximum Gasteiger partial charge on any atom is 0.151 e. The minimum absolute atomic E-state index is 0.418. The third kappa shape index (κ3) is 11.8. The van der Waals surface area contributed by atoms with Gasteiger partial charge < -0.3 is 37.1 Å². The molecule has 1 spiro atoms. The number of furan rings is 4. The number of hydrogen-bond acceptors (Lipinski definition) is 11. The van der Waals surface area contributed by atoms with Crippen LogP contribution >= 0.6 is 34.0 Å². The molecule has 3 aliphatic carbocycles. The van der Waals surface area contributed by atoms with Crippen molar-refractivity contribution in [2.24, 2.45) is 0 Å². The van der Waals surface area contributed by atoms with Gasteiger partial charge in [0.2, 0.25) is 0 Å². The molecule has 0 unspecified atom stereocenters. The molecule has 11 heteroatoms. The van der Waals surface area contributed by atoms with Crippen molar-refractivity contribution in [3.8, 4) is 44.9 Å². The van der Waals surface area contributed by atoms with Crippen molar-refractivity contribution in [2.45, 2.75) is 10.8 Å². The molecule has 8 nitrogen and oxygen atoms in total. The zero-order valence-corrected chi connectivity index (χ0v) is 80.2. The predicted molar refractivity (Wildman–Crippen MR) is 605 cm³/mol. The smallest absolute Gasteiger partial charge is 0.151 e. The van der Waals surface area contributed by atoms with Crippen LogP contribution in [0.3, 0.4) is 0 Å². The molecule has 145 heavy (non-hydrogen) atoms. The molecule has 33 rings (SSSR count). The standard InChI is InChI=1S/C55H33NO2S.C49H29NOS.C30H17NO2S/c1-3-14-34(15-4-1)55(35-16-5-2-6-17-35)44-21-10-7-18-38(44)39-28-26-36(32-45(39)55)56(37-27-29-42-40-19-8-11-23-47(40)57-49(42)33-37)46-22-13-25-50-52(46)53-51(59-50)31-30-43-41-20-9-12-24-48(41)58-54(43)53;1-2-14-30(15-3-1)50(41-25-13-27-43-46(41)47-44(52-43)29-28-34-33-18-7-11-26-42(33)51-48(34)47)40-24-12-23-39-45(40)35-19-6-10-22-38(35)49(39)36-20-8-4-16-31(36)32-17-5-9-21-37(32)49;1-4-12-23-18(8-1)19-16-17-27-29(30(19)33-23)28-22(11-7-15-26(28)34-27)31-20-9-2-5-13-24(20)32-25-14-6-3-10-21(25)31/h1-33H;1-29H;1-17H. The fraction of sp³-hybridized carbons (Fsp3) is 0.0149. The van der Waals surface area contributed by atoms with Crippen molar-refractivity contribution in [1.29, 1.82) is 0 Å². The third-order valence-corrected chi connectivity index (χ3v) is 34.0. The van der Waals surface area contributed by atoms with Crippen LogP contribution in [0, 0.1) is 0 Å². The molecular formula is C134H79N3O5S3. The Morgan fingerprint density at radius 1 is 0.200 bits per heavy atom. The Hall–Kier alpha value is -18.1. The maximum atomic E-state index is 6.76. The average Bonchev–Trinajstić information content (AvgIpc) is 1.50. The molecule has 7 aromatic heterocycles. The number of fused-ring (bicyclic) bond motifs is 39. The zero-order valence-electron chi connectivity index (χ0n) is 77.7. The first-order valence-electron chi connectivity index (χ1n) is 49.2. The first-order chi connectivity index (χ1) is 71.9. The molecule has 22 aromatic carbocycles. The van der Waals surface area contributed by atoms with Crippen molar-refractivity contribution < 1.29 is 22.4 Å². The summed E-state index contributed by atoms with van der Waals surface area (Å²) in [7, 11) is 0. The summed E-state index contributed by atoms with van der Waals surface area (Å²) in [5.41, 5.74) is 34.2. The van der Waals surface area contributed by atoms with Crippen LogP contribution in [-0.2, 0) is 10.8 Å². The van der Waals surface area contributed by atoms with E-state index in [0.29, 0.717) is 0 Å². The van der Waals surface area contributed by atoms with E-state index < -0.39 is 10.8 Å². The number of anilines is 9. The zero-order chi connectivity index (χ0) is 94.8. The predicted octanol–water partition coefficient (Wildman–Crippen LogP) is 39.0. The summed E-state index contributed by atoms with van der Waals surface area (Å²) >= 11 is 5.46. The second kappa shape index (κ2) is 31.7. The molecule has 0 saturated carbocycles. The van der Waals surface area contributed by atoms with Gasteiger partial charge in [0.1, 0.15) is 44.7 Å². The average molecular weight is 1910 g/mol. The minimum Gasteiger partial charge on any atom is -0.456 e. The molecule has 29 aromatic rings. The Labute approximate surface area is 843 Å². The summed E-state index contributed by atoms with van der Waals surface area (Å²) in [4.78, 5) is 7.26. The highest BCUT2D eigenvalue weighted by atomic mass is 32.1. The topological polar surface area (TPSA) is 71.5 Å². The number of benzene rings is 22. The lowest BCUT2D eigenvalue weighted by Gasteiger charge is -2.35. The molecule has 0 fully saturated rings. The van der Waals surface area contributed by atoms with E-state index in [2.05, 4.69) is 445 Å². The highest BCUT2D eigenvalue weighted by Gasteiger charge is 2.53. The molecule has 8 heterocycles. The largest absolute Gasteiger partial charge is 0.456 e. The lowest BCUT2D eigenvalue weighted by molar-refractivity contribution is 0.477. The molecule has 0 bridgehead atoms. The Balaban J connectivity index is 0.000000102. The van der Waals surface area contributed by atoms with Gasteiger partial charge in [-0.2, -0.15) is 0 Å². The van der Waals surface area contributed by atoms with Crippen LogP contribution < -0.4 is 19.4 Å². The highest BCUT2D eigenvalue weighted by molar-refractivity contribution is 7.27. The van der Waals surface area contributed by atoms with E-state index in [1.165, 1.54) is 139 Å². The second-order valence-corrected chi connectivity index (χ2v) is 41.3. The molecular weight excluding hydrogens is 1830 g/mol. The van der Waals surface area contributed by atoms with Crippen LogP contribution in [0.25, 0.3) is 182 Å². The minimum atomic E-state index is -0.541. The Kier molecular flexibility index (Phi) is 17.9. The van der Waals surface area contributed by atoms with Crippen LogP contribution in [0.15, 0.2) is 497 Å². The van der Waals surface area contributed by atoms with Gasteiger partial charge in [-0.25, -0.2) is 0 Å². The van der Waals surface area contributed by atoms with Crippen molar-refractivity contribution in [2.75, 3.05) is 14.7 Å². The van der Waals surface area contributed by atoms with Gasteiger partial charge in [0.05, 0.1) is 45.0 Å². The van der Waals surface area contributed by atoms with Crippen LogP contribution in [0.1, 0.15) is 44.5 Å². The second-order valence-electron chi connectivity index (χ2n) is 38.0. The monoisotopic (exact) mass is 1910 g/mol. The van der Waals surface area contributed by atoms with Crippen molar-refractivity contribution in [3.05, 3.63) is 524 Å². The van der Waals surface area contributed by atoms with Crippen molar-refractivity contribution in [3.63, 3.8) is 0 Å². The summed E-state index contributed by atoms with van der Waals surface area (Å²) in [6.45, 7) is 0. The Bertz CT molecular complexity index is 10300. The van der Waals surface area contributed by atoms with Gasteiger partial charge in [-0.15, -0.1) is 34.0 Å². The molecule has 0 radical (unpaired) electrons. The molecule has 0 saturated heterocycles. The van der Waals surface area contributed by atoms with Gasteiger partial charge in [-0.1, -0.05) is 309 Å². The van der Waals surface area contributed by atoms with Gasteiger partial charge in [-0.05, 0) is 236 Å². The van der Waals surface area contributed by atoms with Crippen LogP contribution in [0.2, 0.25) is 0 Å². The van der Waals surface area contributed by atoms with Crippen LogP contribution in [0.4, 0.5) is 51.2 Å². The van der Waals surface area contributed by atoms with Gasteiger partial charge in [0.25, 0.3) is 0 Å². The van der Waals surface area contributed by atoms with E-state index in [9.17, 15) is 0 Å². The lowest BCUT2D eigenvalue weighted by atomic mass is 9.67. The van der Waals surface area contributed by atoms with Crippen molar-refractivity contribution >= 4 is 233 Å². The maximum absolute atomic E-state index is 6.76. The number of ether oxygens (including phenoxy) is 1. The van der Waals surface area contributed by atoms with E-state index >= 15 is 0 Å². The quantitative estimate of drug-likeness (QED) is 0.142. The molecule has 0 N–H and O–H groups in total. The van der Waals surface area contributed by atoms with E-state index in [1.54, 1.807) is 0 Å². The normalized spacial score (nSPS) is 13.3. The molecule has 678 valence electrons. The summed E-state index contributed by atoms with van der Waals surface area (Å²) in [5, 5.41) is 16.2. The Morgan fingerprint density at radius 3 is 1.08 bits per heavy atom. The van der Waals surface area contributed by atoms with Crippen molar-refractivity contribution in [1.82, 2.24) is 0 Å². The third-order valence-electron chi connectivity index (χ3n) is 30.7. The van der Waals surface area contributed by atoms with Gasteiger partial charge in [0, 0.05) is 132 Å². The van der Waals surface area contributed by atoms with Gasteiger partial charge in [0.15, 0.2) is 11.5 Å². The fourth-order valence-corrected chi connectivity index (χ4v) is 28.2. The highest BCUT2D eigenvalue weighted by Crippen LogP contribution is 2.67. The van der Waals surface area contributed by atoms with Gasteiger partial charge >= 0.3 is 0 Å². The van der Waals surface area contributed by atoms with Crippen LogP contribution in [-0.4, -0.2) is 0 Å². The Morgan fingerprint density at radius 2 is 0.552 bits per heavy atom. The number of thiophene rings is 3. The fourth-order valence-electron chi connectivity index (χ4n) is 24.9. The molecule has 0 atom stereocenters. The van der Waals surface area contributed by atoms with E-state index in [-0.39, 0.29) is 0 Å². The molecule has 0 amide bonds. The van der Waals surface area contributed by atoms with Gasteiger partial charge in [-0.3, -0.25) is 0 Å².